The molecule has 0 unspecified atom stereocenters. The summed E-state index contributed by atoms with van der Waals surface area (Å²) in [4.78, 5) is 0. The summed E-state index contributed by atoms with van der Waals surface area (Å²) in [6.07, 6.45) is 34.8. The van der Waals surface area contributed by atoms with E-state index in [4.69, 9.17) is 10.5 Å². The van der Waals surface area contributed by atoms with Crippen LogP contribution in [0.5, 0.6) is 0 Å². The highest BCUT2D eigenvalue weighted by atomic mass is 127. The SMILES string of the molecule is C=C/C1=C/C(I)=C\C=C/C=C\CCC/C(=C/C=C\C=C/C=C\C=C/I=C)C=C(N)O1. The zero-order valence-corrected chi connectivity index (χ0v) is 21.4. The third-order valence-corrected chi connectivity index (χ3v) is 5.23. The molecule has 0 bridgehead atoms. The number of hydrogen-bond acceptors (Lipinski definition) is 2. The second kappa shape index (κ2) is 17.9. The van der Waals surface area contributed by atoms with Gasteiger partial charge in [-0.3, -0.25) is 0 Å². The van der Waals surface area contributed by atoms with Crippen molar-refractivity contribution in [3.63, 3.8) is 0 Å². The second-order valence-corrected chi connectivity index (χ2v) is 8.87. The number of hydrogen-bond donors (Lipinski definition) is 1. The lowest BCUT2D eigenvalue weighted by atomic mass is 10.1. The van der Waals surface area contributed by atoms with Gasteiger partial charge >= 0.3 is 0 Å². The summed E-state index contributed by atoms with van der Waals surface area (Å²) in [6, 6.07) is 0. The quantitative estimate of drug-likeness (QED) is 0.240. The first-order valence-electron chi connectivity index (χ1n) is 9.56. The van der Waals surface area contributed by atoms with Crippen LogP contribution in [0.1, 0.15) is 19.3 Å². The van der Waals surface area contributed by atoms with Crippen LogP contribution >= 0.6 is 43.3 Å². The van der Waals surface area contributed by atoms with Gasteiger partial charge in [0.15, 0.2) is 5.88 Å². The van der Waals surface area contributed by atoms with Crippen molar-refractivity contribution in [1.82, 2.24) is 0 Å². The molecule has 4 heteroatoms. The maximum Gasteiger partial charge on any atom is 0.191 e. The van der Waals surface area contributed by atoms with Crippen LogP contribution in [0.3, 0.4) is 0 Å². The zero-order chi connectivity index (χ0) is 21.9. The summed E-state index contributed by atoms with van der Waals surface area (Å²) in [7, 11) is 0. The van der Waals surface area contributed by atoms with Crippen molar-refractivity contribution in [3.8, 4) is 0 Å². The van der Waals surface area contributed by atoms with E-state index in [1.165, 1.54) is 0 Å². The van der Waals surface area contributed by atoms with E-state index < -0.39 is 0 Å². The molecular weight excluding hydrogens is 596 g/mol. The normalized spacial score (nSPS) is 24.0. The fraction of sp³-hybridized carbons (Fsp3) is 0.115. The van der Waals surface area contributed by atoms with Gasteiger partial charge in [0.1, 0.15) is 5.76 Å². The minimum absolute atomic E-state index is 0.0313. The van der Waals surface area contributed by atoms with Crippen LogP contribution in [0.4, 0.5) is 0 Å². The standard InChI is InChI=1S/C26H29I2NO/c1-3-25-22-24(27)19-15-11-7-6-10-14-18-23(21-26(29)30-25)17-13-9-5-4-8-12-16-20-28-2/h3-9,11-13,15-17,19-22H,1-2,10,14,18,29H2/b5-4-,7-6-,12-8-,13-9-,15-11-,20-16-,23-17-,24-19+,25-22-,26-21?. The molecule has 0 saturated carbocycles. The maximum absolute atomic E-state index is 6.13. The fourth-order valence-corrected chi connectivity index (χ4v) is 3.32. The van der Waals surface area contributed by atoms with Gasteiger partial charge in [-0.15, -0.1) is 20.7 Å². The Morgan fingerprint density at radius 2 is 1.73 bits per heavy atom. The number of halogens is 2. The Balaban J connectivity index is 2.95. The van der Waals surface area contributed by atoms with Crippen LogP contribution in [-0.4, -0.2) is 4.51 Å². The molecule has 0 atom stereocenters. The molecule has 2 N–H and O–H groups in total. The fourth-order valence-electron chi connectivity index (χ4n) is 2.27. The Morgan fingerprint density at radius 3 is 2.47 bits per heavy atom. The molecule has 0 fully saturated rings. The molecule has 2 nitrogen and oxygen atoms in total. The van der Waals surface area contributed by atoms with Crippen LogP contribution in [0.25, 0.3) is 0 Å². The summed E-state index contributed by atoms with van der Waals surface area (Å²) < 4.78 is 12.8. The molecule has 1 aliphatic heterocycles. The number of ether oxygens (including phenoxy) is 1. The minimum atomic E-state index is -0.0313. The Kier molecular flexibility index (Phi) is 15.6. The summed E-state index contributed by atoms with van der Waals surface area (Å²) in [5.41, 5.74) is 7.24. The van der Waals surface area contributed by atoms with Crippen molar-refractivity contribution >= 4 is 47.8 Å². The summed E-state index contributed by atoms with van der Waals surface area (Å²) in [6.45, 7) is 3.81. The smallest absolute Gasteiger partial charge is 0.191 e. The second-order valence-electron chi connectivity index (χ2n) is 6.03. The molecule has 0 aliphatic carbocycles. The van der Waals surface area contributed by atoms with Crippen molar-refractivity contribution in [1.29, 1.82) is 0 Å². The average molecular weight is 625 g/mol. The first kappa shape index (κ1) is 26.1. The predicted octanol–water partition coefficient (Wildman–Crippen LogP) is 8.00. The molecule has 0 radical (unpaired) electrons. The van der Waals surface area contributed by atoms with Crippen LogP contribution in [0.2, 0.25) is 0 Å². The Labute approximate surface area is 204 Å². The Morgan fingerprint density at radius 1 is 1.00 bits per heavy atom. The highest BCUT2D eigenvalue weighted by Crippen LogP contribution is 2.17. The molecular formula is C26H29I2NO. The summed E-state index contributed by atoms with van der Waals surface area (Å²) >= 11 is 2.22. The molecule has 0 aromatic heterocycles. The first-order chi connectivity index (χ1) is 14.7. The summed E-state index contributed by atoms with van der Waals surface area (Å²) in [5.74, 6) is 0.965. The van der Waals surface area contributed by atoms with Crippen LogP contribution in [0, 0.1) is 0 Å². The van der Waals surface area contributed by atoms with Gasteiger partial charge in [0.2, 0.25) is 0 Å². The van der Waals surface area contributed by atoms with Crippen molar-refractivity contribution < 1.29 is 4.74 Å². The first-order valence-corrected chi connectivity index (χ1v) is 13.4. The molecule has 1 heterocycles. The highest BCUT2D eigenvalue weighted by Gasteiger charge is 2.00. The monoisotopic (exact) mass is 625 g/mol. The van der Waals surface area contributed by atoms with E-state index in [0.717, 1.165) is 28.4 Å². The molecule has 0 aromatic carbocycles. The van der Waals surface area contributed by atoms with Crippen molar-refractivity contribution in [2.75, 3.05) is 0 Å². The molecule has 0 spiro atoms. The minimum Gasteiger partial charge on any atom is -0.442 e. The maximum atomic E-state index is 6.13. The average Bonchev–Trinajstić information content (AvgIpc) is 2.73. The van der Waals surface area contributed by atoms with Gasteiger partial charge in [-0.25, -0.2) is 0 Å². The van der Waals surface area contributed by atoms with E-state index >= 15 is 0 Å². The number of allylic oxidation sites excluding steroid dienone is 18. The molecule has 0 amide bonds. The molecule has 1 rings (SSSR count). The van der Waals surface area contributed by atoms with Crippen molar-refractivity contribution in [2.45, 2.75) is 19.3 Å². The molecule has 0 aromatic rings. The van der Waals surface area contributed by atoms with Crippen LogP contribution in [0.15, 0.2) is 129 Å². The Hall–Kier alpha value is -1.93. The van der Waals surface area contributed by atoms with Gasteiger partial charge < -0.3 is 10.5 Å². The third kappa shape index (κ3) is 14.1. The van der Waals surface area contributed by atoms with E-state index in [0.29, 0.717) is 11.6 Å². The van der Waals surface area contributed by atoms with E-state index in [1.54, 1.807) is 6.08 Å². The lowest BCUT2D eigenvalue weighted by Gasteiger charge is -2.08. The van der Waals surface area contributed by atoms with Crippen LogP contribution in [-0.2, 0) is 4.74 Å². The van der Waals surface area contributed by atoms with Gasteiger partial charge in [-0.1, -0.05) is 84.0 Å². The Bertz CT molecular complexity index is 859. The van der Waals surface area contributed by atoms with Crippen LogP contribution < -0.4 is 5.73 Å². The van der Waals surface area contributed by atoms with E-state index in [2.05, 4.69) is 56.0 Å². The highest BCUT2D eigenvalue weighted by molar-refractivity contribution is 14.2. The molecule has 30 heavy (non-hydrogen) atoms. The lowest BCUT2D eigenvalue weighted by molar-refractivity contribution is 0.315. The number of nitrogens with two attached hydrogens (primary N) is 1. The molecule has 1 aliphatic rings. The zero-order valence-electron chi connectivity index (χ0n) is 17.1. The lowest BCUT2D eigenvalue weighted by Crippen LogP contribution is -2.03. The van der Waals surface area contributed by atoms with Crippen molar-refractivity contribution in [3.05, 3.63) is 129 Å². The molecule has 158 valence electrons. The van der Waals surface area contributed by atoms with E-state index in [-0.39, 0.29) is 20.7 Å². The third-order valence-electron chi connectivity index (χ3n) is 3.63. The van der Waals surface area contributed by atoms with E-state index in [1.807, 2.05) is 72.9 Å². The van der Waals surface area contributed by atoms with Crippen molar-refractivity contribution in [2.24, 2.45) is 5.73 Å². The predicted molar refractivity (Wildman–Crippen MR) is 152 cm³/mol. The largest absolute Gasteiger partial charge is 0.442 e. The van der Waals surface area contributed by atoms with E-state index in [9.17, 15) is 0 Å². The van der Waals surface area contributed by atoms with Gasteiger partial charge in [-0.05, 0) is 69.7 Å². The van der Waals surface area contributed by atoms with Gasteiger partial charge in [0, 0.05) is 9.66 Å². The summed E-state index contributed by atoms with van der Waals surface area (Å²) in [5, 5.41) is 0. The molecule has 0 saturated heterocycles. The number of rotatable bonds is 6. The van der Waals surface area contributed by atoms with Gasteiger partial charge in [-0.2, -0.15) is 0 Å². The van der Waals surface area contributed by atoms with Gasteiger partial charge in [0.25, 0.3) is 0 Å². The topological polar surface area (TPSA) is 35.2 Å². The van der Waals surface area contributed by atoms with Gasteiger partial charge in [0.05, 0.1) is 0 Å².